The average Bonchev–Trinajstić information content (AvgIpc) is 2.87. The Kier molecular flexibility index (Phi) is 3.57. The first-order chi connectivity index (χ1) is 8.99. The van der Waals surface area contributed by atoms with E-state index < -0.39 is 4.92 Å². The van der Waals surface area contributed by atoms with E-state index in [1.807, 2.05) is 13.8 Å². The third-order valence-corrected chi connectivity index (χ3v) is 2.78. The Morgan fingerprint density at radius 3 is 2.47 bits per heavy atom. The molecule has 0 radical (unpaired) electrons. The summed E-state index contributed by atoms with van der Waals surface area (Å²) in [4.78, 5) is 14.3. The molecule has 0 bridgehead atoms. The van der Waals surface area contributed by atoms with E-state index in [9.17, 15) is 10.1 Å². The van der Waals surface area contributed by atoms with Gasteiger partial charge in [0.2, 0.25) is 0 Å². The van der Waals surface area contributed by atoms with Gasteiger partial charge in [0.1, 0.15) is 0 Å². The molecule has 1 heterocycles. The van der Waals surface area contributed by atoms with Crippen molar-refractivity contribution in [3.63, 3.8) is 0 Å². The molecule has 0 aliphatic heterocycles. The van der Waals surface area contributed by atoms with Crippen molar-refractivity contribution in [1.29, 1.82) is 0 Å². The zero-order valence-electron chi connectivity index (χ0n) is 10.6. The van der Waals surface area contributed by atoms with Crippen molar-refractivity contribution < 1.29 is 9.45 Å². The maximum absolute atomic E-state index is 10.6. The van der Waals surface area contributed by atoms with Gasteiger partial charge in [-0.3, -0.25) is 10.1 Å². The van der Waals surface area contributed by atoms with Crippen LogP contribution in [0.5, 0.6) is 0 Å². The molecule has 0 spiro atoms. The topological polar surface area (TPSA) is 108 Å². The second kappa shape index (κ2) is 5.15. The number of non-ortho nitro benzene ring substituents is 1. The Labute approximate surface area is 109 Å². The van der Waals surface area contributed by atoms with Gasteiger partial charge in [-0.2, -0.15) is 4.98 Å². The van der Waals surface area contributed by atoms with Gasteiger partial charge < -0.3 is 10.3 Å². The average molecular weight is 262 g/mol. The van der Waals surface area contributed by atoms with Gasteiger partial charge in [0.05, 0.1) is 11.0 Å². The Hall–Kier alpha value is -2.28. The van der Waals surface area contributed by atoms with Crippen LogP contribution >= 0.6 is 0 Å². The summed E-state index contributed by atoms with van der Waals surface area (Å²) in [5, 5.41) is 14.4. The highest BCUT2D eigenvalue weighted by Gasteiger charge is 2.18. The molecular weight excluding hydrogens is 248 g/mol. The molecule has 2 aromatic rings. The van der Waals surface area contributed by atoms with Crippen molar-refractivity contribution in [3.05, 3.63) is 40.2 Å². The molecule has 19 heavy (non-hydrogen) atoms. The summed E-state index contributed by atoms with van der Waals surface area (Å²) < 4.78 is 5.11. The SMILES string of the molecule is CC(C)C(N)c1noc(-c2ccc([N+](=O)[O-])cc2)n1. The lowest BCUT2D eigenvalue weighted by Crippen LogP contribution is -2.18. The van der Waals surface area contributed by atoms with E-state index in [4.69, 9.17) is 10.3 Å². The Bertz CT molecular complexity index is 577. The maximum Gasteiger partial charge on any atom is 0.269 e. The van der Waals surface area contributed by atoms with Crippen LogP contribution in [0.4, 0.5) is 5.69 Å². The molecule has 1 atom stereocenters. The third kappa shape index (κ3) is 2.76. The maximum atomic E-state index is 10.6. The molecule has 1 unspecified atom stereocenters. The summed E-state index contributed by atoms with van der Waals surface area (Å²) >= 11 is 0. The molecule has 1 aromatic heterocycles. The molecule has 0 amide bonds. The van der Waals surface area contributed by atoms with Crippen LogP contribution in [0.1, 0.15) is 25.7 Å². The number of nitro groups is 1. The molecule has 100 valence electrons. The second-order valence-corrected chi connectivity index (χ2v) is 4.53. The van der Waals surface area contributed by atoms with Crippen molar-refractivity contribution in [2.45, 2.75) is 19.9 Å². The Balaban J connectivity index is 2.25. The quantitative estimate of drug-likeness (QED) is 0.669. The molecule has 2 rings (SSSR count). The van der Waals surface area contributed by atoms with Crippen LogP contribution in [0, 0.1) is 16.0 Å². The molecule has 0 aliphatic carbocycles. The summed E-state index contributed by atoms with van der Waals surface area (Å²) in [5.41, 5.74) is 6.56. The van der Waals surface area contributed by atoms with Gasteiger partial charge in [-0.05, 0) is 18.1 Å². The summed E-state index contributed by atoms with van der Waals surface area (Å²) in [7, 11) is 0. The fourth-order valence-corrected chi connectivity index (χ4v) is 1.51. The number of nitrogens with two attached hydrogens (primary N) is 1. The monoisotopic (exact) mass is 262 g/mol. The Morgan fingerprint density at radius 1 is 1.32 bits per heavy atom. The summed E-state index contributed by atoms with van der Waals surface area (Å²) in [5.74, 6) is 0.937. The van der Waals surface area contributed by atoms with E-state index in [0.29, 0.717) is 17.3 Å². The van der Waals surface area contributed by atoms with Gasteiger partial charge in [-0.25, -0.2) is 0 Å². The first-order valence-corrected chi connectivity index (χ1v) is 5.83. The number of nitrogens with zero attached hydrogens (tertiary/aromatic N) is 3. The van der Waals surface area contributed by atoms with Crippen molar-refractivity contribution >= 4 is 5.69 Å². The first-order valence-electron chi connectivity index (χ1n) is 5.83. The van der Waals surface area contributed by atoms with E-state index in [2.05, 4.69) is 10.1 Å². The Morgan fingerprint density at radius 2 is 1.95 bits per heavy atom. The van der Waals surface area contributed by atoms with Gasteiger partial charge in [-0.1, -0.05) is 19.0 Å². The van der Waals surface area contributed by atoms with Crippen LogP contribution in [0.25, 0.3) is 11.5 Å². The summed E-state index contributed by atoms with van der Waals surface area (Å²) in [6.45, 7) is 3.93. The van der Waals surface area contributed by atoms with E-state index >= 15 is 0 Å². The van der Waals surface area contributed by atoms with Crippen molar-refractivity contribution in [2.24, 2.45) is 11.7 Å². The molecule has 1 aromatic carbocycles. The van der Waals surface area contributed by atoms with Gasteiger partial charge in [0, 0.05) is 17.7 Å². The van der Waals surface area contributed by atoms with Crippen LogP contribution in [-0.4, -0.2) is 15.1 Å². The standard InChI is InChI=1S/C12H14N4O3/c1-7(2)10(13)11-14-12(19-15-11)8-3-5-9(6-4-8)16(17)18/h3-7,10H,13H2,1-2H3. The molecule has 0 saturated carbocycles. The molecule has 7 nitrogen and oxygen atoms in total. The van der Waals surface area contributed by atoms with Crippen LogP contribution in [0.15, 0.2) is 28.8 Å². The highest BCUT2D eigenvalue weighted by atomic mass is 16.6. The molecule has 7 heteroatoms. The van der Waals surface area contributed by atoms with Gasteiger partial charge in [-0.15, -0.1) is 0 Å². The lowest BCUT2D eigenvalue weighted by atomic mass is 10.1. The second-order valence-electron chi connectivity index (χ2n) is 4.53. The predicted molar refractivity (Wildman–Crippen MR) is 68.2 cm³/mol. The minimum Gasteiger partial charge on any atom is -0.334 e. The van der Waals surface area contributed by atoms with Crippen molar-refractivity contribution in [1.82, 2.24) is 10.1 Å². The van der Waals surface area contributed by atoms with Gasteiger partial charge >= 0.3 is 0 Å². The van der Waals surface area contributed by atoms with E-state index in [1.165, 1.54) is 12.1 Å². The van der Waals surface area contributed by atoms with E-state index in [1.54, 1.807) is 12.1 Å². The number of benzene rings is 1. The third-order valence-electron chi connectivity index (χ3n) is 2.78. The number of rotatable bonds is 4. The van der Waals surface area contributed by atoms with Crippen molar-refractivity contribution in [3.8, 4) is 11.5 Å². The number of hydrogen-bond acceptors (Lipinski definition) is 6. The summed E-state index contributed by atoms with van der Waals surface area (Å²) in [6, 6.07) is 5.62. The molecule has 2 N–H and O–H groups in total. The summed E-state index contributed by atoms with van der Waals surface area (Å²) in [6.07, 6.45) is 0. The lowest BCUT2D eigenvalue weighted by molar-refractivity contribution is -0.384. The molecular formula is C12H14N4O3. The number of nitro benzene ring substituents is 1. The van der Waals surface area contributed by atoms with Crippen LogP contribution in [0.3, 0.4) is 0 Å². The smallest absolute Gasteiger partial charge is 0.269 e. The zero-order valence-corrected chi connectivity index (χ0v) is 10.6. The fourth-order valence-electron chi connectivity index (χ4n) is 1.51. The van der Waals surface area contributed by atoms with Crippen LogP contribution < -0.4 is 5.73 Å². The number of aromatic nitrogens is 2. The van der Waals surface area contributed by atoms with Crippen LogP contribution in [-0.2, 0) is 0 Å². The van der Waals surface area contributed by atoms with Gasteiger partial charge in [0.25, 0.3) is 11.6 Å². The predicted octanol–water partition coefficient (Wildman–Crippen LogP) is 2.30. The largest absolute Gasteiger partial charge is 0.334 e. The fraction of sp³-hybridized carbons (Fsp3) is 0.333. The van der Waals surface area contributed by atoms with E-state index in [-0.39, 0.29) is 17.6 Å². The highest BCUT2D eigenvalue weighted by molar-refractivity contribution is 5.55. The van der Waals surface area contributed by atoms with E-state index in [0.717, 1.165) is 0 Å². The highest BCUT2D eigenvalue weighted by Crippen LogP contribution is 2.23. The number of hydrogen-bond donors (Lipinski definition) is 1. The molecule has 0 aliphatic rings. The lowest BCUT2D eigenvalue weighted by Gasteiger charge is -2.09. The first kappa shape index (κ1) is 13.2. The van der Waals surface area contributed by atoms with Crippen LogP contribution in [0.2, 0.25) is 0 Å². The normalized spacial score (nSPS) is 12.6. The zero-order chi connectivity index (χ0) is 14.0. The molecule has 0 saturated heterocycles. The minimum absolute atomic E-state index is 0.0161. The van der Waals surface area contributed by atoms with Gasteiger partial charge in [0.15, 0.2) is 5.82 Å². The van der Waals surface area contributed by atoms with Crippen molar-refractivity contribution in [2.75, 3.05) is 0 Å². The minimum atomic E-state index is -0.461. The molecule has 0 fully saturated rings.